The van der Waals surface area contributed by atoms with Gasteiger partial charge in [0.2, 0.25) is 0 Å². The standard InChI is InChI=1S/C11H20O3/c1-2-3-4-8-14-10-7-5-6-9(10)11(12)13/h9-10H,2-8H2,1H3,(H,12,13). The van der Waals surface area contributed by atoms with Crippen LogP contribution < -0.4 is 0 Å². The van der Waals surface area contributed by atoms with Crippen molar-refractivity contribution in [1.29, 1.82) is 0 Å². The molecule has 1 rings (SSSR count). The fourth-order valence-electron chi connectivity index (χ4n) is 1.99. The summed E-state index contributed by atoms with van der Waals surface area (Å²) in [6, 6.07) is 0. The second-order valence-corrected chi connectivity index (χ2v) is 3.99. The number of unbranched alkanes of at least 4 members (excludes halogenated alkanes) is 2. The fourth-order valence-corrected chi connectivity index (χ4v) is 1.99. The van der Waals surface area contributed by atoms with E-state index in [1.807, 2.05) is 0 Å². The van der Waals surface area contributed by atoms with Gasteiger partial charge in [-0.25, -0.2) is 0 Å². The molecule has 14 heavy (non-hydrogen) atoms. The van der Waals surface area contributed by atoms with Crippen LogP contribution in [0.25, 0.3) is 0 Å². The van der Waals surface area contributed by atoms with Crippen molar-refractivity contribution < 1.29 is 14.6 Å². The minimum Gasteiger partial charge on any atom is -0.481 e. The molecule has 1 fully saturated rings. The molecule has 1 N–H and O–H groups in total. The smallest absolute Gasteiger partial charge is 0.309 e. The Morgan fingerprint density at radius 2 is 2.21 bits per heavy atom. The molecular weight excluding hydrogens is 180 g/mol. The first kappa shape index (κ1) is 11.5. The Morgan fingerprint density at radius 1 is 1.43 bits per heavy atom. The van der Waals surface area contributed by atoms with Crippen molar-refractivity contribution in [3.63, 3.8) is 0 Å². The predicted molar refractivity (Wildman–Crippen MR) is 54.2 cm³/mol. The van der Waals surface area contributed by atoms with Crippen molar-refractivity contribution in [1.82, 2.24) is 0 Å². The van der Waals surface area contributed by atoms with Crippen LogP contribution in [0.1, 0.15) is 45.4 Å². The number of hydrogen-bond acceptors (Lipinski definition) is 2. The molecule has 0 aliphatic heterocycles. The van der Waals surface area contributed by atoms with Crippen LogP contribution in [0.15, 0.2) is 0 Å². The third kappa shape index (κ3) is 3.29. The second kappa shape index (κ2) is 6.02. The summed E-state index contributed by atoms with van der Waals surface area (Å²) in [5.74, 6) is -0.945. The fraction of sp³-hybridized carbons (Fsp3) is 0.909. The van der Waals surface area contributed by atoms with Crippen LogP contribution in [0.3, 0.4) is 0 Å². The summed E-state index contributed by atoms with van der Waals surface area (Å²) in [6.45, 7) is 2.87. The van der Waals surface area contributed by atoms with Crippen LogP contribution in [-0.4, -0.2) is 23.8 Å². The Balaban J connectivity index is 2.19. The van der Waals surface area contributed by atoms with Gasteiger partial charge in [0.05, 0.1) is 12.0 Å². The van der Waals surface area contributed by atoms with Gasteiger partial charge in [0, 0.05) is 6.61 Å². The predicted octanol–water partition coefficient (Wildman–Crippen LogP) is 2.45. The van der Waals surface area contributed by atoms with E-state index in [1.165, 1.54) is 12.8 Å². The molecule has 1 aliphatic rings. The summed E-state index contributed by atoms with van der Waals surface area (Å²) >= 11 is 0. The van der Waals surface area contributed by atoms with Crippen LogP contribution in [-0.2, 0) is 9.53 Å². The molecule has 0 radical (unpaired) electrons. The zero-order chi connectivity index (χ0) is 10.4. The average Bonchev–Trinajstić information content (AvgIpc) is 2.60. The second-order valence-electron chi connectivity index (χ2n) is 3.99. The highest BCUT2D eigenvalue weighted by Crippen LogP contribution is 2.28. The summed E-state index contributed by atoms with van der Waals surface area (Å²) in [5, 5.41) is 8.91. The lowest BCUT2D eigenvalue weighted by Crippen LogP contribution is -2.25. The van der Waals surface area contributed by atoms with Gasteiger partial charge in [-0.05, 0) is 25.7 Å². The number of carboxylic acids is 1. The quantitative estimate of drug-likeness (QED) is 0.670. The van der Waals surface area contributed by atoms with Crippen LogP contribution in [0.2, 0.25) is 0 Å². The number of carboxylic acid groups (broad SMARTS) is 1. The van der Waals surface area contributed by atoms with Gasteiger partial charge in [0.25, 0.3) is 0 Å². The molecule has 0 aromatic heterocycles. The van der Waals surface area contributed by atoms with Gasteiger partial charge < -0.3 is 9.84 Å². The molecule has 1 aliphatic carbocycles. The van der Waals surface area contributed by atoms with Crippen molar-refractivity contribution >= 4 is 5.97 Å². The topological polar surface area (TPSA) is 46.5 Å². The molecule has 0 saturated heterocycles. The van der Waals surface area contributed by atoms with E-state index >= 15 is 0 Å². The Kier molecular flexibility index (Phi) is 4.94. The molecule has 0 bridgehead atoms. The first-order valence-electron chi connectivity index (χ1n) is 5.60. The summed E-state index contributed by atoms with van der Waals surface area (Å²) in [5.41, 5.74) is 0. The highest BCUT2D eigenvalue weighted by Gasteiger charge is 2.33. The van der Waals surface area contributed by atoms with Gasteiger partial charge in [-0.1, -0.05) is 19.8 Å². The molecule has 0 spiro atoms. The molecule has 2 atom stereocenters. The molecule has 0 aromatic rings. The van der Waals surface area contributed by atoms with E-state index in [2.05, 4.69) is 6.92 Å². The van der Waals surface area contributed by atoms with Crippen LogP contribution in [0.5, 0.6) is 0 Å². The Labute approximate surface area is 85.5 Å². The van der Waals surface area contributed by atoms with E-state index in [-0.39, 0.29) is 12.0 Å². The van der Waals surface area contributed by atoms with Crippen molar-refractivity contribution in [3.8, 4) is 0 Å². The molecular formula is C11H20O3. The first-order chi connectivity index (χ1) is 6.75. The number of carbonyl (C=O) groups is 1. The van der Waals surface area contributed by atoms with Crippen molar-refractivity contribution in [2.45, 2.75) is 51.6 Å². The average molecular weight is 200 g/mol. The third-order valence-electron chi connectivity index (χ3n) is 2.85. The monoisotopic (exact) mass is 200 g/mol. The SMILES string of the molecule is CCCCCOC1CCCC1C(=O)O. The van der Waals surface area contributed by atoms with Gasteiger partial charge in [-0.15, -0.1) is 0 Å². The lowest BCUT2D eigenvalue weighted by atomic mass is 10.1. The zero-order valence-electron chi connectivity index (χ0n) is 8.87. The first-order valence-corrected chi connectivity index (χ1v) is 5.60. The van der Waals surface area contributed by atoms with E-state index in [0.717, 1.165) is 32.3 Å². The molecule has 82 valence electrons. The maximum Gasteiger partial charge on any atom is 0.309 e. The lowest BCUT2D eigenvalue weighted by Gasteiger charge is -2.16. The Hall–Kier alpha value is -0.570. The minimum atomic E-state index is -0.692. The highest BCUT2D eigenvalue weighted by molar-refractivity contribution is 5.71. The van der Waals surface area contributed by atoms with Crippen molar-refractivity contribution in [3.05, 3.63) is 0 Å². The van der Waals surface area contributed by atoms with Crippen LogP contribution in [0.4, 0.5) is 0 Å². The van der Waals surface area contributed by atoms with Gasteiger partial charge in [0.15, 0.2) is 0 Å². The van der Waals surface area contributed by atoms with Crippen LogP contribution >= 0.6 is 0 Å². The van der Waals surface area contributed by atoms with E-state index in [1.54, 1.807) is 0 Å². The summed E-state index contributed by atoms with van der Waals surface area (Å²) in [7, 11) is 0. The third-order valence-corrected chi connectivity index (χ3v) is 2.85. The van der Waals surface area contributed by atoms with Crippen LogP contribution in [0, 0.1) is 5.92 Å². The van der Waals surface area contributed by atoms with E-state index < -0.39 is 5.97 Å². The lowest BCUT2D eigenvalue weighted by molar-refractivity contribution is -0.146. The number of ether oxygens (including phenoxy) is 1. The maximum atomic E-state index is 10.8. The number of aliphatic carboxylic acids is 1. The Morgan fingerprint density at radius 3 is 2.86 bits per heavy atom. The number of rotatable bonds is 6. The highest BCUT2D eigenvalue weighted by atomic mass is 16.5. The molecule has 0 heterocycles. The maximum absolute atomic E-state index is 10.8. The van der Waals surface area contributed by atoms with E-state index in [0.29, 0.717) is 0 Å². The van der Waals surface area contributed by atoms with E-state index in [9.17, 15) is 4.79 Å². The molecule has 1 saturated carbocycles. The van der Waals surface area contributed by atoms with Crippen molar-refractivity contribution in [2.24, 2.45) is 5.92 Å². The Bertz CT molecular complexity index is 179. The summed E-state index contributed by atoms with van der Waals surface area (Å²) in [4.78, 5) is 10.8. The van der Waals surface area contributed by atoms with E-state index in [4.69, 9.17) is 9.84 Å². The largest absolute Gasteiger partial charge is 0.481 e. The molecule has 0 aromatic carbocycles. The molecule has 0 amide bonds. The zero-order valence-corrected chi connectivity index (χ0v) is 8.87. The summed E-state index contributed by atoms with van der Waals surface area (Å²) in [6.07, 6.45) is 6.08. The normalized spacial score (nSPS) is 26.6. The van der Waals surface area contributed by atoms with Gasteiger partial charge >= 0.3 is 5.97 Å². The summed E-state index contributed by atoms with van der Waals surface area (Å²) < 4.78 is 5.60. The molecule has 3 nitrogen and oxygen atoms in total. The number of hydrogen-bond donors (Lipinski definition) is 1. The van der Waals surface area contributed by atoms with Gasteiger partial charge in [-0.3, -0.25) is 4.79 Å². The molecule has 2 unspecified atom stereocenters. The minimum absolute atomic E-state index is 0.0237. The molecule has 3 heteroatoms. The van der Waals surface area contributed by atoms with Gasteiger partial charge in [0.1, 0.15) is 0 Å². The van der Waals surface area contributed by atoms with Gasteiger partial charge in [-0.2, -0.15) is 0 Å². The van der Waals surface area contributed by atoms with Crippen molar-refractivity contribution in [2.75, 3.05) is 6.61 Å².